The van der Waals surface area contributed by atoms with E-state index in [9.17, 15) is 0 Å². The first-order chi connectivity index (χ1) is 8.48. The van der Waals surface area contributed by atoms with Gasteiger partial charge in [0.2, 0.25) is 0 Å². The molecule has 1 aliphatic heterocycles. The molecule has 0 aromatic carbocycles. The Balaban J connectivity index is 2.13. The van der Waals surface area contributed by atoms with Crippen LogP contribution in [0.1, 0.15) is 46.5 Å². The van der Waals surface area contributed by atoms with E-state index >= 15 is 0 Å². The van der Waals surface area contributed by atoms with E-state index in [0.717, 1.165) is 18.5 Å². The maximum Gasteiger partial charge on any atom is 0.0361 e. The van der Waals surface area contributed by atoms with Crippen LogP contribution in [0.25, 0.3) is 0 Å². The lowest BCUT2D eigenvalue weighted by Crippen LogP contribution is -2.62. The fourth-order valence-corrected chi connectivity index (χ4v) is 3.49. The molecule has 2 N–H and O–H groups in total. The molecule has 2 atom stereocenters. The van der Waals surface area contributed by atoms with E-state index in [1.54, 1.807) is 0 Å². The van der Waals surface area contributed by atoms with Gasteiger partial charge in [-0.15, -0.1) is 0 Å². The van der Waals surface area contributed by atoms with Crippen molar-refractivity contribution in [3.05, 3.63) is 0 Å². The largest absolute Gasteiger partial charge is 0.329 e. The van der Waals surface area contributed by atoms with Gasteiger partial charge in [-0.2, -0.15) is 0 Å². The second-order valence-corrected chi connectivity index (χ2v) is 6.99. The molecule has 0 aromatic rings. The van der Waals surface area contributed by atoms with Crippen LogP contribution in [-0.2, 0) is 0 Å². The molecule has 0 bridgehead atoms. The highest BCUT2D eigenvalue weighted by Crippen LogP contribution is 2.39. The summed E-state index contributed by atoms with van der Waals surface area (Å²) in [6, 6.07) is 1.49. The number of nitrogens with zero attached hydrogens (tertiary/aromatic N) is 2. The summed E-state index contributed by atoms with van der Waals surface area (Å²) in [5.41, 5.74) is 6.50. The van der Waals surface area contributed by atoms with Gasteiger partial charge in [-0.25, -0.2) is 0 Å². The van der Waals surface area contributed by atoms with Crippen LogP contribution >= 0.6 is 0 Å². The van der Waals surface area contributed by atoms with E-state index in [-0.39, 0.29) is 5.54 Å². The van der Waals surface area contributed by atoms with Crippen LogP contribution < -0.4 is 5.73 Å². The van der Waals surface area contributed by atoms with Gasteiger partial charge in [0, 0.05) is 30.7 Å². The standard InChI is InChI=1S/C15H31N3/c1-12(2)10-18(14-5-6-14)15(11-16)7-8-17(4)13(3)9-15/h12-14H,5-11,16H2,1-4H3. The molecule has 1 saturated heterocycles. The monoisotopic (exact) mass is 253 g/mol. The first kappa shape index (κ1) is 14.3. The summed E-state index contributed by atoms with van der Waals surface area (Å²) in [7, 11) is 2.25. The molecule has 106 valence electrons. The second kappa shape index (κ2) is 5.48. The minimum absolute atomic E-state index is 0.275. The molecular formula is C15H31N3. The number of hydrogen-bond acceptors (Lipinski definition) is 3. The van der Waals surface area contributed by atoms with Crippen molar-refractivity contribution in [3.8, 4) is 0 Å². The average Bonchev–Trinajstić information content (AvgIpc) is 3.14. The van der Waals surface area contributed by atoms with Crippen LogP contribution in [0.15, 0.2) is 0 Å². The highest BCUT2D eigenvalue weighted by Gasteiger charge is 2.46. The molecule has 0 spiro atoms. The molecule has 0 radical (unpaired) electrons. The van der Waals surface area contributed by atoms with Crippen molar-refractivity contribution in [1.29, 1.82) is 0 Å². The zero-order valence-corrected chi connectivity index (χ0v) is 12.7. The Morgan fingerprint density at radius 3 is 2.50 bits per heavy atom. The molecule has 2 aliphatic rings. The Labute approximate surface area is 113 Å². The van der Waals surface area contributed by atoms with Gasteiger partial charge in [-0.3, -0.25) is 4.90 Å². The summed E-state index contributed by atoms with van der Waals surface area (Å²) < 4.78 is 0. The Hall–Kier alpha value is -0.120. The van der Waals surface area contributed by atoms with E-state index in [4.69, 9.17) is 5.73 Å². The average molecular weight is 253 g/mol. The summed E-state index contributed by atoms with van der Waals surface area (Å²) >= 11 is 0. The van der Waals surface area contributed by atoms with E-state index in [2.05, 4.69) is 37.6 Å². The zero-order valence-electron chi connectivity index (χ0n) is 12.7. The topological polar surface area (TPSA) is 32.5 Å². The quantitative estimate of drug-likeness (QED) is 0.812. The lowest BCUT2D eigenvalue weighted by atomic mass is 9.81. The molecule has 0 amide bonds. The highest BCUT2D eigenvalue weighted by atomic mass is 15.3. The summed E-state index contributed by atoms with van der Waals surface area (Å²) in [5, 5.41) is 0. The molecule has 1 aliphatic carbocycles. The molecule has 2 fully saturated rings. The number of hydrogen-bond donors (Lipinski definition) is 1. The molecule has 3 heteroatoms. The van der Waals surface area contributed by atoms with E-state index in [1.165, 1.54) is 38.8 Å². The maximum atomic E-state index is 6.23. The highest BCUT2D eigenvalue weighted by molar-refractivity contribution is 5.03. The van der Waals surface area contributed by atoms with Crippen LogP contribution in [0.3, 0.4) is 0 Å². The molecule has 18 heavy (non-hydrogen) atoms. The third-order valence-electron chi connectivity index (χ3n) is 4.90. The number of rotatable bonds is 5. The Bertz CT molecular complexity index is 275. The molecule has 2 rings (SSSR count). The summed E-state index contributed by atoms with van der Waals surface area (Å²) in [6.45, 7) is 10.3. The van der Waals surface area contributed by atoms with Crippen LogP contribution in [0, 0.1) is 5.92 Å². The summed E-state index contributed by atoms with van der Waals surface area (Å²) in [5.74, 6) is 0.740. The van der Waals surface area contributed by atoms with Crippen LogP contribution in [0.2, 0.25) is 0 Å². The lowest BCUT2D eigenvalue weighted by molar-refractivity contribution is -0.00201. The Morgan fingerprint density at radius 2 is 2.06 bits per heavy atom. The first-order valence-electron chi connectivity index (χ1n) is 7.65. The predicted molar refractivity (Wildman–Crippen MR) is 77.7 cm³/mol. The van der Waals surface area contributed by atoms with Gasteiger partial charge >= 0.3 is 0 Å². The van der Waals surface area contributed by atoms with Gasteiger partial charge in [-0.1, -0.05) is 13.8 Å². The summed E-state index contributed by atoms with van der Waals surface area (Å²) in [6.07, 6.45) is 5.26. The van der Waals surface area contributed by atoms with Crippen molar-refractivity contribution in [1.82, 2.24) is 9.80 Å². The van der Waals surface area contributed by atoms with Gasteiger partial charge in [0.05, 0.1) is 0 Å². The SMILES string of the molecule is CC(C)CN(C1CC1)C1(CN)CCN(C)C(C)C1. The van der Waals surface area contributed by atoms with Crippen LogP contribution in [0.5, 0.6) is 0 Å². The van der Waals surface area contributed by atoms with Crippen molar-refractivity contribution in [2.24, 2.45) is 11.7 Å². The van der Waals surface area contributed by atoms with Gasteiger partial charge < -0.3 is 10.6 Å². The maximum absolute atomic E-state index is 6.23. The third-order valence-corrected chi connectivity index (χ3v) is 4.90. The molecule has 0 aromatic heterocycles. The minimum Gasteiger partial charge on any atom is -0.329 e. The fourth-order valence-electron chi connectivity index (χ4n) is 3.49. The van der Waals surface area contributed by atoms with Gasteiger partial charge in [0.1, 0.15) is 0 Å². The van der Waals surface area contributed by atoms with Gasteiger partial charge in [0.25, 0.3) is 0 Å². The van der Waals surface area contributed by atoms with Crippen molar-refractivity contribution >= 4 is 0 Å². The molecule has 3 nitrogen and oxygen atoms in total. The van der Waals surface area contributed by atoms with Crippen molar-refractivity contribution in [2.75, 3.05) is 26.7 Å². The van der Waals surface area contributed by atoms with Crippen LogP contribution in [-0.4, -0.2) is 54.1 Å². The van der Waals surface area contributed by atoms with Crippen molar-refractivity contribution in [3.63, 3.8) is 0 Å². The smallest absolute Gasteiger partial charge is 0.0361 e. The number of piperidine rings is 1. The molecule has 2 unspecified atom stereocenters. The zero-order chi connectivity index (χ0) is 13.3. The van der Waals surface area contributed by atoms with Gasteiger partial charge in [-0.05, 0) is 52.1 Å². The fraction of sp³-hybridized carbons (Fsp3) is 1.00. The first-order valence-corrected chi connectivity index (χ1v) is 7.65. The van der Waals surface area contributed by atoms with Gasteiger partial charge in [0.15, 0.2) is 0 Å². The van der Waals surface area contributed by atoms with Crippen LogP contribution in [0.4, 0.5) is 0 Å². The second-order valence-electron chi connectivity index (χ2n) is 6.99. The third kappa shape index (κ3) is 2.89. The van der Waals surface area contributed by atoms with Crippen molar-refractivity contribution < 1.29 is 0 Å². The Morgan fingerprint density at radius 1 is 1.39 bits per heavy atom. The number of nitrogens with two attached hydrogens (primary N) is 1. The lowest BCUT2D eigenvalue weighted by Gasteiger charge is -2.51. The summed E-state index contributed by atoms with van der Waals surface area (Å²) in [4.78, 5) is 5.26. The molecule has 1 heterocycles. The number of likely N-dealkylation sites (tertiary alicyclic amines) is 1. The predicted octanol–water partition coefficient (Wildman–Crippen LogP) is 1.92. The molecular weight excluding hydrogens is 222 g/mol. The van der Waals surface area contributed by atoms with E-state index in [1.807, 2.05) is 0 Å². The van der Waals surface area contributed by atoms with E-state index in [0.29, 0.717) is 6.04 Å². The van der Waals surface area contributed by atoms with E-state index < -0.39 is 0 Å². The minimum atomic E-state index is 0.275. The Kier molecular flexibility index (Phi) is 4.35. The normalized spacial score (nSPS) is 34.5. The van der Waals surface area contributed by atoms with Crippen molar-refractivity contribution in [2.45, 2.75) is 64.1 Å². The molecule has 1 saturated carbocycles.